The third kappa shape index (κ3) is 2.75. The van der Waals surface area contributed by atoms with Gasteiger partial charge in [-0.1, -0.05) is 0 Å². The Morgan fingerprint density at radius 2 is 2.35 bits per heavy atom. The summed E-state index contributed by atoms with van der Waals surface area (Å²) in [5.41, 5.74) is 2.01. The van der Waals surface area contributed by atoms with Gasteiger partial charge in [-0.25, -0.2) is 9.97 Å². The van der Waals surface area contributed by atoms with E-state index in [0.717, 1.165) is 11.4 Å². The van der Waals surface area contributed by atoms with Crippen molar-refractivity contribution >= 4 is 5.69 Å². The second kappa shape index (κ2) is 5.34. The minimum Gasteiger partial charge on any atom is -0.476 e. The minimum absolute atomic E-state index is 0.609. The van der Waals surface area contributed by atoms with Gasteiger partial charge in [0.2, 0.25) is 5.88 Å². The van der Waals surface area contributed by atoms with Crippen LogP contribution in [0.3, 0.4) is 0 Å². The standard InChI is InChI=1S/C12H16N4O/c1-3-17-12-11(5-4-6-14-12)15-8-10-7-13-9-16(10)2/h4-7,9,15H,3,8H2,1-2H3. The summed E-state index contributed by atoms with van der Waals surface area (Å²) in [7, 11) is 1.97. The number of nitrogens with zero attached hydrogens (tertiary/aromatic N) is 3. The van der Waals surface area contributed by atoms with Crippen LogP contribution >= 0.6 is 0 Å². The summed E-state index contributed by atoms with van der Waals surface area (Å²) in [6, 6.07) is 3.84. The molecule has 0 bridgehead atoms. The second-order valence-corrected chi connectivity index (χ2v) is 3.64. The van der Waals surface area contributed by atoms with Crippen LogP contribution in [0.15, 0.2) is 30.9 Å². The molecule has 90 valence electrons. The highest BCUT2D eigenvalue weighted by Crippen LogP contribution is 2.20. The Hall–Kier alpha value is -2.04. The number of anilines is 1. The molecule has 5 nitrogen and oxygen atoms in total. The molecule has 0 aliphatic carbocycles. The van der Waals surface area contributed by atoms with Crippen LogP contribution in [0.1, 0.15) is 12.6 Å². The molecule has 2 heterocycles. The van der Waals surface area contributed by atoms with E-state index in [-0.39, 0.29) is 0 Å². The lowest BCUT2D eigenvalue weighted by Crippen LogP contribution is -2.06. The SMILES string of the molecule is CCOc1ncccc1NCc1cncn1C. The van der Waals surface area contributed by atoms with Gasteiger partial charge < -0.3 is 14.6 Å². The second-order valence-electron chi connectivity index (χ2n) is 3.64. The Morgan fingerprint density at radius 1 is 1.47 bits per heavy atom. The van der Waals surface area contributed by atoms with Gasteiger partial charge in [0.05, 0.1) is 30.9 Å². The van der Waals surface area contributed by atoms with Crippen LogP contribution in [0.5, 0.6) is 5.88 Å². The average molecular weight is 232 g/mol. The summed E-state index contributed by atoms with van der Waals surface area (Å²) in [6.45, 7) is 3.25. The number of hydrogen-bond acceptors (Lipinski definition) is 4. The van der Waals surface area contributed by atoms with Crippen LogP contribution < -0.4 is 10.1 Å². The van der Waals surface area contributed by atoms with Gasteiger partial charge in [0, 0.05) is 19.4 Å². The Morgan fingerprint density at radius 3 is 3.06 bits per heavy atom. The molecule has 0 fully saturated rings. The zero-order valence-corrected chi connectivity index (χ0v) is 10.1. The van der Waals surface area contributed by atoms with Crippen molar-refractivity contribution in [2.75, 3.05) is 11.9 Å². The van der Waals surface area contributed by atoms with E-state index in [2.05, 4.69) is 15.3 Å². The first kappa shape index (κ1) is 11.4. The van der Waals surface area contributed by atoms with Crippen LogP contribution in [0.2, 0.25) is 0 Å². The first-order valence-electron chi connectivity index (χ1n) is 5.58. The Balaban J connectivity index is 2.06. The van der Waals surface area contributed by atoms with Gasteiger partial charge in [-0.15, -0.1) is 0 Å². The topological polar surface area (TPSA) is 52.0 Å². The van der Waals surface area contributed by atoms with Crippen molar-refractivity contribution in [3.8, 4) is 5.88 Å². The maximum Gasteiger partial charge on any atom is 0.237 e. The van der Waals surface area contributed by atoms with Crippen molar-refractivity contribution in [2.45, 2.75) is 13.5 Å². The van der Waals surface area contributed by atoms with E-state index < -0.39 is 0 Å². The quantitative estimate of drug-likeness (QED) is 0.854. The fraction of sp³-hybridized carbons (Fsp3) is 0.333. The number of ether oxygens (including phenoxy) is 1. The van der Waals surface area contributed by atoms with Crippen LogP contribution in [0.25, 0.3) is 0 Å². The van der Waals surface area contributed by atoms with E-state index in [0.29, 0.717) is 19.0 Å². The molecule has 0 unspecified atom stereocenters. The highest BCUT2D eigenvalue weighted by Gasteiger charge is 2.04. The van der Waals surface area contributed by atoms with Gasteiger partial charge in [0.25, 0.3) is 0 Å². The van der Waals surface area contributed by atoms with Crippen molar-refractivity contribution in [2.24, 2.45) is 7.05 Å². The van der Waals surface area contributed by atoms with E-state index in [1.807, 2.05) is 36.9 Å². The van der Waals surface area contributed by atoms with Crippen LogP contribution in [0.4, 0.5) is 5.69 Å². The molecule has 0 spiro atoms. The van der Waals surface area contributed by atoms with E-state index >= 15 is 0 Å². The maximum atomic E-state index is 5.44. The molecule has 0 saturated heterocycles. The summed E-state index contributed by atoms with van der Waals surface area (Å²) in [5.74, 6) is 0.636. The van der Waals surface area contributed by atoms with Gasteiger partial charge in [-0.3, -0.25) is 0 Å². The van der Waals surface area contributed by atoms with Crippen LogP contribution in [-0.4, -0.2) is 21.1 Å². The van der Waals surface area contributed by atoms with E-state index in [9.17, 15) is 0 Å². The van der Waals surface area contributed by atoms with Crippen molar-refractivity contribution in [1.82, 2.24) is 14.5 Å². The highest BCUT2D eigenvalue weighted by atomic mass is 16.5. The summed E-state index contributed by atoms with van der Waals surface area (Å²) >= 11 is 0. The van der Waals surface area contributed by atoms with Gasteiger partial charge in [-0.2, -0.15) is 0 Å². The summed E-state index contributed by atoms with van der Waals surface area (Å²) in [4.78, 5) is 8.25. The predicted octanol–water partition coefficient (Wildman–Crippen LogP) is 1.83. The number of rotatable bonds is 5. The fourth-order valence-electron chi connectivity index (χ4n) is 1.52. The maximum absolute atomic E-state index is 5.44. The van der Waals surface area contributed by atoms with Crippen LogP contribution in [-0.2, 0) is 13.6 Å². The number of pyridine rings is 1. The molecule has 0 aliphatic heterocycles. The molecular weight excluding hydrogens is 216 g/mol. The Bertz CT molecular complexity index is 481. The van der Waals surface area contributed by atoms with Crippen molar-refractivity contribution in [1.29, 1.82) is 0 Å². The molecule has 5 heteroatoms. The Kier molecular flexibility index (Phi) is 3.59. The van der Waals surface area contributed by atoms with Gasteiger partial charge >= 0.3 is 0 Å². The predicted molar refractivity (Wildman–Crippen MR) is 65.9 cm³/mol. The number of aryl methyl sites for hydroxylation is 1. The molecule has 2 aromatic rings. The molecule has 2 rings (SSSR count). The lowest BCUT2D eigenvalue weighted by Gasteiger charge is -2.10. The highest BCUT2D eigenvalue weighted by molar-refractivity contribution is 5.52. The zero-order chi connectivity index (χ0) is 12.1. The average Bonchev–Trinajstić information content (AvgIpc) is 2.74. The van der Waals surface area contributed by atoms with Crippen molar-refractivity contribution < 1.29 is 4.74 Å². The third-order valence-electron chi connectivity index (χ3n) is 2.43. The monoisotopic (exact) mass is 232 g/mol. The van der Waals surface area contributed by atoms with Gasteiger partial charge in [-0.05, 0) is 19.1 Å². The lowest BCUT2D eigenvalue weighted by molar-refractivity contribution is 0.328. The molecule has 1 N–H and O–H groups in total. The number of nitrogens with one attached hydrogen (secondary N) is 1. The normalized spacial score (nSPS) is 10.2. The van der Waals surface area contributed by atoms with Crippen molar-refractivity contribution in [3.05, 3.63) is 36.5 Å². The van der Waals surface area contributed by atoms with Gasteiger partial charge in [0.1, 0.15) is 0 Å². The number of hydrogen-bond donors (Lipinski definition) is 1. The Labute approximate surface area is 100 Å². The van der Waals surface area contributed by atoms with Crippen molar-refractivity contribution in [3.63, 3.8) is 0 Å². The molecule has 2 aromatic heterocycles. The van der Waals surface area contributed by atoms with E-state index in [1.165, 1.54) is 0 Å². The largest absolute Gasteiger partial charge is 0.476 e. The molecule has 0 aliphatic rings. The number of aromatic nitrogens is 3. The molecule has 0 aromatic carbocycles. The molecular formula is C12H16N4O. The molecule has 0 atom stereocenters. The lowest BCUT2D eigenvalue weighted by atomic mass is 10.3. The first-order chi connectivity index (χ1) is 8.31. The third-order valence-corrected chi connectivity index (χ3v) is 2.43. The van der Waals surface area contributed by atoms with E-state index in [4.69, 9.17) is 4.74 Å². The molecule has 0 amide bonds. The van der Waals surface area contributed by atoms with Crippen LogP contribution in [0, 0.1) is 0 Å². The smallest absolute Gasteiger partial charge is 0.237 e. The zero-order valence-electron chi connectivity index (χ0n) is 10.1. The molecule has 17 heavy (non-hydrogen) atoms. The molecule has 0 radical (unpaired) electrons. The fourth-order valence-corrected chi connectivity index (χ4v) is 1.52. The van der Waals surface area contributed by atoms with E-state index in [1.54, 1.807) is 12.5 Å². The summed E-state index contributed by atoms with van der Waals surface area (Å²) < 4.78 is 7.42. The van der Waals surface area contributed by atoms with Gasteiger partial charge in [0.15, 0.2) is 0 Å². The number of imidazole rings is 1. The summed E-state index contributed by atoms with van der Waals surface area (Å²) in [5, 5.41) is 3.29. The summed E-state index contributed by atoms with van der Waals surface area (Å²) in [6.07, 6.45) is 5.34. The first-order valence-corrected chi connectivity index (χ1v) is 5.58. The minimum atomic E-state index is 0.609. The molecule has 0 saturated carbocycles.